The second-order valence-electron chi connectivity index (χ2n) is 5.72. The Morgan fingerprint density at radius 1 is 0.650 bits per heavy atom. The largest absolute Gasteiger partial charge is 0.206 e. The molecular formula is C18H20F2. The highest BCUT2D eigenvalue weighted by molar-refractivity contribution is 5.73. The minimum absolute atomic E-state index is 0.0977. The van der Waals surface area contributed by atoms with Crippen LogP contribution in [0.4, 0.5) is 8.78 Å². The molecule has 0 aliphatic heterocycles. The van der Waals surface area contributed by atoms with Crippen molar-refractivity contribution in [1.29, 1.82) is 0 Å². The molecule has 0 saturated heterocycles. The maximum absolute atomic E-state index is 14.2. The molecule has 0 amide bonds. The molecule has 2 aromatic rings. The molecule has 0 radical (unpaired) electrons. The molecule has 0 saturated carbocycles. The van der Waals surface area contributed by atoms with Crippen molar-refractivity contribution < 1.29 is 8.78 Å². The third-order valence-electron chi connectivity index (χ3n) is 3.59. The molecule has 0 N–H and O–H groups in total. The zero-order chi connectivity index (χ0) is 14.9. The maximum Gasteiger partial charge on any atom is 0.133 e. The van der Waals surface area contributed by atoms with Crippen LogP contribution >= 0.6 is 0 Å². The third kappa shape index (κ3) is 2.60. The molecule has 0 aliphatic rings. The highest BCUT2D eigenvalue weighted by Gasteiger charge is 2.20. The van der Waals surface area contributed by atoms with Crippen molar-refractivity contribution in [2.75, 3.05) is 0 Å². The highest BCUT2D eigenvalue weighted by atomic mass is 19.1. The number of hydrogen-bond acceptors (Lipinski definition) is 0. The maximum atomic E-state index is 14.2. The average Bonchev–Trinajstić information content (AvgIpc) is 2.38. The van der Waals surface area contributed by atoms with Gasteiger partial charge in [-0.2, -0.15) is 0 Å². The Bertz CT molecular complexity index is 566. The van der Waals surface area contributed by atoms with Gasteiger partial charge in [-0.05, 0) is 40.7 Å². The monoisotopic (exact) mass is 274 g/mol. The summed E-state index contributed by atoms with van der Waals surface area (Å²) in [6.07, 6.45) is 0. The van der Waals surface area contributed by atoms with E-state index >= 15 is 0 Å². The molecule has 0 aromatic heterocycles. The lowest BCUT2D eigenvalue weighted by atomic mass is 9.84. The van der Waals surface area contributed by atoms with E-state index in [1.54, 1.807) is 0 Å². The molecule has 0 unspecified atom stereocenters. The predicted octanol–water partition coefficient (Wildman–Crippen LogP) is 5.88. The van der Waals surface area contributed by atoms with Crippen molar-refractivity contribution in [2.45, 2.75) is 39.5 Å². The zero-order valence-corrected chi connectivity index (χ0v) is 12.4. The van der Waals surface area contributed by atoms with Gasteiger partial charge in [-0.25, -0.2) is 8.78 Å². The fourth-order valence-corrected chi connectivity index (χ4v) is 2.58. The van der Waals surface area contributed by atoms with Crippen LogP contribution in [-0.2, 0) is 0 Å². The molecule has 0 fully saturated rings. The van der Waals surface area contributed by atoms with Crippen molar-refractivity contribution in [3.63, 3.8) is 0 Å². The standard InChI is InChI=1S/C18H20F2/c1-11(2)13-7-5-8-14(12(3)4)17(13)18-15(19)9-6-10-16(18)20/h5-12H,1-4H3. The van der Waals surface area contributed by atoms with Crippen molar-refractivity contribution in [2.24, 2.45) is 0 Å². The topological polar surface area (TPSA) is 0 Å². The van der Waals surface area contributed by atoms with Crippen LogP contribution in [-0.4, -0.2) is 0 Å². The Kier molecular flexibility index (Phi) is 4.22. The summed E-state index contributed by atoms with van der Waals surface area (Å²) < 4.78 is 28.4. The van der Waals surface area contributed by atoms with Gasteiger partial charge in [-0.15, -0.1) is 0 Å². The molecule has 20 heavy (non-hydrogen) atoms. The lowest BCUT2D eigenvalue weighted by molar-refractivity contribution is 0.588. The van der Waals surface area contributed by atoms with E-state index in [9.17, 15) is 8.78 Å². The summed E-state index contributed by atoms with van der Waals surface area (Å²) in [5, 5.41) is 0. The van der Waals surface area contributed by atoms with E-state index in [2.05, 4.69) is 0 Å². The molecule has 2 aromatic carbocycles. The van der Waals surface area contributed by atoms with Crippen molar-refractivity contribution >= 4 is 0 Å². The molecule has 2 heteroatoms. The van der Waals surface area contributed by atoms with Gasteiger partial charge in [0.05, 0.1) is 5.56 Å². The second-order valence-corrected chi connectivity index (χ2v) is 5.72. The van der Waals surface area contributed by atoms with Gasteiger partial charge in [0.15, 0.2) is 0 Å². The Morgan fingerprint density at radius 2 is 1.05 bits per heavy atom. The fourth-order valence-electron chi connectivity index (χ4n) is 2.58. The molecule has 2 rings (SSSR count). The van der Waals surface area contributed by atoms with Crippen molar-refractivity contribution in [3.8, 4) is 11.1 Å². The first-order chi connectivity index (χ1) is 9.43. The first-order valence-electron chi connectivity index (χ1n) is 7.00. The first-order valence-corrected chi connectivity index (χ1v) is 7.00. The van der Waals surface area contributed by atoms with Crippen LogP contribution in [0.5, 0.6) is 0 Å². The Labute approximate surface area is 119 Å². The van der Waals surface area contributed by atoms with Crippen LogP contribution in [0.15, 0.2) is 36.4 Å². The molecule has 0 bridgehead atoms. The van der Waals surface area contributed by atoms with Gasteiger partial charge >= 0.3 is 0 Å². The van der Waals surface area contributed by atoms with Crippen LogP contribution in [0.1, 0.15) is 50.7 Å². The van der Waals surface area contributed by atoms with E-state index in [1.807, 2.05) is 45.9 Å². The summed E-state index contributed by atoms with van der Waals surface area (Å²) in [6, 6.07) is 9.92. The van der Waals surface area contributed by atoms with Crippen molar-refractivity contribution in [1.82, 2.24) is 0 Å². The SMILES string of the molecule is CC(C)c1cccc(C(C)C)c1-c1c(F)cccc1F. The number of halogens is 2. The van der Waals surface area contributed by atoms with E-state index < -0.39 is 11.6 Å². The summed E-state index contributed by atoms with van der Waals surface area (Å²) in [5.41, 5.74) is 2.79. The molecule has 0 atom stereocenters. The van der Waals surface area contributed by atoms with Gasteiger partial charge < -0.3 is 0 Å². The highest BCUT2D eigenvalue weighted by Crippen LogP contribution is 2.38. The summed E-state index contributed by atoms with van der Waals surface area (Å²) in [6.45, 7) is 8.17. The van der Waals surface area contributed by atoms with Gasteiger partial charge in [0.2, 0.25) is 0 Å². The normalized spacial score (nSPS) is 11.4. The summed E-state index contributed by atoms with van der Waals surface area (Å²) >= 11 is 0. The van der Waals surface area contributed by atoms with Crippen LogP contribution in [0.2, 0.25) is 0 Å². The number of hydrogen-bond donors (Lipinski definition) is 0. The van der Waals surface area contributed by atoms with Crippen LogP contribution in [0.3, 0.4) is 0 Å². The average molecular weight is 274 g/mol. The molecule has 106 valence electrons. The smallest absolute Gasteiger partial charge is 0.133 e. The van der Waals surface area contributed by atoms with E-state index in [1.165, 1.54) is 18.2 Å². The van der Waals surface area contributed by atoms with Crippen molar-refractivity contribution in [3.05, 3.63) is 59.2 Å². The van der Waals surface area contributed by atoms with Crippen LogP contribution in [0, 0.1) is 11.6 Å². The molecular weight excluding hydrogens is 254 g/mol. The minimum Gasteiger partial charge on any atom is -0.206 e. The lowest BCUT2D eigenvalue weighted by Crippen LogP contribution is -2.02. The predicted molar refractivity (Wildman–Crippen MR) is 80.0 cm³/mol. The van der Waals surface area contributed by atoms with E-state index in [4.69, 9.17) is 0 Å². The Balaban J connectivity index is 2.83. The zero-order valence-electron chi connectivity index (χ0n) is 12.4. The first kappa shape index (κ1) is 14.7. The van der Waals surface area contributed by atoms with Gasteiger partial charge in [0.1, 0.15) is 11.6 Å². The molecule has 0 aliphatic carbocycles. The fraction of sp³-hybridized carbons (Fsp3) is 0.333. The third-order valence-corrected chi connectivity index (χ3v) is 3.59. The van der Waals surface area contributed by atoms with Gasteiger partial charge in [0, 0.05) is 0 Å². The Morgan fingerprint density at radius 3 is 1.45 bits per heavy atom. The van der Waals surface area contributed by atoms with Gasteiger partial charge in [-0.3, -0.25) is 0 Å². The summed E-state index contributed by atoms with van der Waals surface area (Å²) in [7, 11) is 0. The van der Waals surface area contributed by atoms with E-state index in [-0.39, 0.29) is 17.4 Å². The molecule has 0 spiro atoms. The number of benzene rings is 2. The van der Waals surface area contributed by atoms with E-state index in [0.717, 1.165) is 11.1 Å². The molecule has 0 heterocycles. The lowest BCUT2D eigenvalue weighted by Gasteiger charge is -2.20. The quantitative estimate of drug-likeness (QED) is 0.655. The molecule has 0 nitrogen and oxygen atoms in total. The minimum atomic E-state index is -0.500. The van der Waals surface area contributed by atoms with E-state index in [0.29, 0.717) is 5.56 Å². The van der Waals surface area contributed by atoms with Gasteiger partial charge in [0.25, 0.3) is 0 Å². The van der Waals surface area contributed by atoms with Crippen LogP contribution < -0.4 is 0 Å². The second kappa shape index (κ2) is 5.74. The number of rotatable bonds is 3. The van der Waals surface area contributed by atoms with Gasteiger partial charge in [-0.1, -0.05) is 52.0 Å². The summed E-state index contributed by atoms with van der Waals surface area (Å²) in [5.74, 6) is -0.578. The van der Waals surface area contributed by atoms with Crippen LogP contribution in [0.25, 0.3) is 11.1 Å². The summed E-state index contributed by atoms with van der Waals surface area (Å²) in [4.78, 5) is 0. The Hall–Kier alpha value is -1.70.